The van der Waals surface area contributed by atoms with Crippen LogP contribution in [-0.2, 0) is 6.42 Å². The number of rotatable bonds is 11. The van der Waals surface area contributed by atoms with E-state index in [9.17, 15) is 14.0 Å². The van der Waals surface area contributed by atoms with E-state index in [0.29, 0.717) is 60.7 Å². The van der Waals surface area contributed by atoms with Gasteiger partial charge >= 0.3 is 0 Å². The van der Waals surface area contributed by atoms with Crippen molar-refractivity contribution in [2.24, 2.45) is 0 Å². The molecule has 4 aromatic rings. The Bertz CT molecular complexity index is 1700. The zero-order chi connectivity index (χ0) is 33.5. The average Bonchev–Trinajstić information content (AvgIpc) is 3.08. The van der Waals surface area contributed by atoms with Crippen LogP contribution in [0.4, 0.5) is 10.1 Å². The van der Waals surface area contributed by atoms with E-state index >= 15 is 0 Å². The Morgan fingerprint density at radius 1 is 0.915 bits per heavy atom. The highest BCUT2D eigenvalue weighted by Crippen LogP contribution is 2.25. The molecule has 2 amide bonds. The van der Waals surface area contributed by atoms with Gasteiger partial charge in [-0.15, -0.1) is 0 Å². The Balaban J connectivity index is 1.14. The van der Waals surface area contributed by atoms with Crippen molar-refractivity contribution in [1.29, 1.82) is 0 Å². The Morgan fingerprint density at radius 2 is 1.60 bits per heavy atom. The Labute approximate surface area is 276 Å². The van der Waals surface area contributed by atoms with E-state index in [0.717, 1.165) is 23.2 Å². The normalized spacial score (nSPS) is 13.2. The lowest BCUT2D eigenvalue weighted by Crippen LogP contribution is -2.42. The third kappa shape index (κ3) is 8.35. The highest BCUT2D eigenvalue weighted by molar-refractivity contribution is 5.99. The molecule has 0 saturated carbocycles. The predicted molar refractivity (Wildman–Crippen MR) is 185 cm³/mol. The third-order valence-electron chi connectivity index (χ3n) is 8.37. The maximum absolute atomic E-state index is 14.4. The summed E-state index contributed by atoms with van der Waals surface area (Å²) >= 11 is 0. The fraction of sp³-hybridized carbons (Fsp3) is 0.289. The van der Waals surface area contributed by atoms with Gasteiger partial charge in [-0.25, -0.2) is 9.37 Å². The lowest BCUT2D eigenvalue weighted by molar-refractivity contribution is 0.0587. The first-order valence-corrected chi connectivity index (χ1v) is 15.8. The van der Waals surface area contributed by atoms with Crippen LogP contribution >= 0.6 is 0 Å². The zero-order valence-electron chi connectivity index (χ0n) is 27.5. The maximum Gasteiger partial charge on any atom is 0.254 e. The van der Waals surface area contributed by atoms with E-state index in [1.54, 1.807) is 36.2 Å². The fourth-order valence-electron chi connectivity index (χ4n) is 5.57. The largest absolute Gasteiger partial charge is 0.474 e. The number of likely N-dealkylation sites (tertiary alicyclic amines) is 1. The Kier molecular flexibility index (Phi) is 10.6. The number of hydrogen-bond acceptors (Lipinski definition) is 6. The number of halogens is 1. The molecule has 0 aliphatic carbocycles. The molecule has 1 aliphatic rings. The number of benzene rings is 3. The maximum atomic E-state index is 14.4. The van der Waals surface area contributed by atoms with Gasteiger partial charge < -0.3 is 24.8 Å². The summed E-state index contributed by atoms with van der Waals surface area (Å²) in [4.78, 5) is 35.6. The number of amides is 2. The van der Waals surface area contributed by atoms with Crippen molar-refractivity contribution in [2.75, 3.05) is 52.7 Å². The number of pyridine rings is 1. The summed E-state index contributed by atoms with van der Waals surface area (Å²) in [6.45, 7) is 5.76. The molecule has 9 heteroatoms. The van der Waals surface area contributed by atoms with Crippen LogP contribution in [0.2, 0.25) is 0 Å². The molecule has 0 bridgehead atoms. The molecule has 0 atom stereocenters. The Morgan fingerprint density at radius 3 is 2.21 bits per heavy atom. The molecule has 1 saturated heterocycles. The molecule has 3 aromatic carbocycles. The molecule has 0 spiro atoms. The van der Waals surface area contributed by atoms with Gasteiger partial charge in [-0.2, -0.15) is 0 Å². The van der Waals surface area contributed by atoms with Gasteiger partial charge in [-0.3, -0.25) is 9.59 Å². The van der Waals surface area contributed by atoms with Crippen LogP contribution < -0.4 is 15.0 Å². The van der Waals surface area contributed by atoms with E-state index in [1.807, 2.05) is 50.5 Å². The average molecular weight is 636 g/mol. The van der Waals surface area contributed by atoms with Gasteiger partial charge in [0.25, 0.3) is 11.8 Å². The molecule has 5 rings (SSSR count). The van der Waals surface area contributed by atoms with Gasteiger partial charge in [0, 0.05) is 101 Å². The highest BCUT2D eigenvalue weighted by Gasteiger charge is 2.27. The number of hydrogen-bond donors (Lipinski definition) is 1. The van der Waals surface area contributed by atoms with Gasteiger partial charge in [-0.1, -0.05) is 30.8 Å². The summed E-state index contributed by atoms with van der Waals surface area (Å²) < 4.78 is 20.5. The second kappa shape index (κ2) is 14.9. The minimum Gasteiger partial charge on any atom is -0.474 e. The first-order chi connectivity index (χ1) is 22.6. The second-order valence-corrected chi connectivity index (χ2v) is 12.2. The minimum atomic E-state index is -0.461. The molecular weight excluding hydrogens is 593 g/mol. The number of nitrogens with zero attached hydrogens (tertiary/aromatic N) is 4. The molecule has 1 aliphatic heterocycles. The van der Waals surface area contributed by atoms with Crippen molar-refractivity contribution < 1.29 is 18.7 Å². The monoisotopic (exact) mass is 635 g/mol. The van der Waals surface area contributed by atoms with Crippen LogP contribution in [0.3, 0.4) is 0 Å². The number of ether oxygens (including phenoxy) is 1. The van der Waals surface area contributed by atoms with Crippen LogP contribution in [0.25, 0.3) is 16.8 Å². The molecule has 2 heterocycles. The summed E-state index contributed by atoms with van der Waals surface area (Å²) in [6, 6.07) is 23.8. The topological polar surface area (TPSA) is 78.0 Å². The summed E-state index contributed by atoms with van der Waals surface area (Å²) in [5.41, 5.74) is 6.31. The standard InChI is InChI=1S/C38H42FN5O3/c1-26(40-21-18-27-6-14-32(15-7-27)42(2)3)34-16-13-31(39)24-35(34)38(46)44-22-19-33(20-23-44)47-36-17-12-30(25-41-36)28-8-10-29(11-9-28)37(45)43(4)5/h6-17,24-25,33,40H,1,18-23H2,2-5H3. The van der Waals surface area contributed by atoms with Crippen molar-refractivity contribution in [2.45, 2.75) is 25.4 Å². The number of piperidine rings is 1. The van der Waals surface area contributed by atoms with E-state index in [1.165, 1.54) is 17.7 Å². The summed E-state index contributed by atoms with van der Waals surface area (Å²) in [6.07, 6.45) is 3.71. The van der Waals surface area contributed by atoms with Gasteiger partial charge in [0.05, 0.1) is 5.56 Å². The minimum absolute atomic E-state index is 0.0430. The van der Waals surface area contributed by atoms with Crippen molar-refractivity contribution in [3.63, 3.8) is 0 Å². The summed E-state index contributed by atoms with van der Waals surface area (Å²) in [7, 11) is 7.48. The van der Waals surface area contributed by atoms with Crippen molar-refractivity contribution in [1.82, 2.24) is 20.1 Å². The number of carbonyl (C=O) groups is 2. The SMILES string of the molecule is C=C(NCCc1ccc(N(C)C)cc1)c1ccc(F)cc1C(=O)N1CCC(Oc2ccc(-c3ccc(C(=O)N(C)C)cc3)cn2)CC1. The second-order valence-electron chi connectivity index (χ2n) is 12.2. The van der Waals surface area contributed by atoms with E-state index < -0.39 is 5.82 Å². The van der Waals surface area contributed by atoms with E-state index in [4.69, 9.17) is 4.74 Å². The van der Waals surface area contributed by atoms with Crippen molar-refractivity contribution in [3.8, 4) is 17.0 Å². The fourth-order valence-corrected chi connectivity index (χ4v) is 5.57. The molecule has 1 aromatic heterocycles. The molecule has 244 valence electrons. The lowest BCUT2D eigenvalue weighted by Gasteiger charge is -2.32. The van der Waals surface area contributed by atoms with Gasteiger partial charge in [0.2, 0.25) is 5.88 Å². The van der Waals surface area contributed by atoms with Crippen LogP contribution in [0, 0.1) is 5.82 Å². The van der Waals surface area contributed by atoms with Crippen LogP contribution in [0.5, 0.6) is 5.88 Å². The summed E-state index contributed by atoms with van der Waals surface area (Å²) in [5, 5.41) is 3.32. The van der Waals surface area contributed by atoms with Gasteiger partial charge in [0.15, 0.2) is 0 Å². The van der Waals surface area contributed by atoms with E-state index in [-0.39, 0.29) is 17.9 Å². The molecule has 0 unspecified atom stereocenters. The lowest BCUT2D eigenvalue weighted by atomic mass is 10.0. The molecule has 8 nitrogen and oxygen atoms in total. The third-order valence-corrected chi connectivity index (χ3v) is 8.37. The molecule has 47 heavy (non-hydrogen) atoms. The molecular formula is C38H42FN5O3. The zero-order valence-corrected chi connectivity index (χ0v) is 27.5. The molecule has 0 radical (unpaired) electrons. The van der Waals surface area contributed by atoms with Crippen LogP contribution in [0.15, 0.2) is 91.6 Å². The summed E-state index contributed by atoms with van der Waals surface area (Å²) in [5.74, 6) is -0.211. The smallest absolute Gasteiger partial charge is 0.254 e. The predicted octanol–water partition coefficient (Wildman–Crippen LogP) is 6.14. The van der Waals surface area contributed by atoms with E-state index in [2.05, 4.69) is 46.0 Å². The van der Waals surface area contributed by atoms with Crippen molar-refractivity contribution in [3.05, 3.63) is 120 Å². The number of carbonyl (C=O) groups excluding carboxylic acids is 2. The number of nitrogens with one attached hydrogen (secondary N) is 1. The Hall–Kier alpha value is -5.18. The molecule has 1 N–H and O–H groups in total. The first kappa shape index (κ1) is 33.2. The van der Waals surface area contributed by atoms with Crippen molar-refractivity contribution >= 4 is 23.2 Å². The first-order valence-electron chi connectivity index (χ1n) is 15.8. The number of anilines is 1. The number of aromatic nitrogens is 1. The van der Waals surface area contributed by atoms with Gasteiger partial charge in [0.1, 0.15) is 11.9 Å². The van der Waals surface area contributed by atoms with Gasteiger partial charge in [-0.05, 0) is 66.1 Å². The highest BCUT2D eigenvalue weighted by atomic mass is 19.1. The van der Waals surface area contributed by atoms with Crippen LogP contribution in [-0.4, -0.2) is 80.5 Å². The quantitative estimate of drug-likeness (QED) is 0.213. The van der Waals surface area contributed by atoms with Crippen LogP contribution in [0.1, 0.15) is 44.7 Å². The molecule has 1 fully saturated rings.